The third-order valence-corrected chi connectivity index (χ3v) is 1.43. The lowest BCUT2D eigenvalue weighted by Crippen LogP contribution is -2.11. The molecule has 0 fully saturated rings. The van der Waals surface area contributed by atoms with Crippen molar-refractivity contribution in [2.75, 3.05) is 7.11 Å². The second-order valence-electron chi connectivity index (χ2n) is 2.39. The number of nitrogens with two attached hydrogens (primary N) is 1. The minimum Gasteiger partial charge on any atom is -0.465 e. The number of methoxy groups -OCH3 is 1. The lowest BCUT2D eigenvalue weighted by Gasteiger charge is -2.01. The zero-order valence-corrected chi connectivity index (χ0v) is 6.90. The average molecular weight is 170 g/mol. The van der Waals surface area contributed by atoms with Gasteiger partial charge in [0.05, 0.1) is 7.11 Å². The van der Waals surface area contributed by atoms with Gasteiger partial charge in [-0.2, -0.15) is 0 Å². The number of hydrogen-bond acceptors (Lipinski definition) is 5. The largest absolute Gasteiger partial charge is 0.465 e. The Morgan fingerprint density at radius 1 is 1.83 bits per heavy atom. The molecular weight excluding hydrogens is 160 g/mol. The molecule has 66 valence electrons. The van der Waals surface area contributed by atoms with Crippen molar-refractivity contribution in [3.05, 3.63) is 17.5 Å². The van der Waals surface area contributed by atoms with E-state index in [9.17, 15) is 4.79 Å². The van der Waals surface area contributed by atoms with Crippen LogP contribution in [0.25, 0.3) is 0 Å². The number of ether oxygens (including phenoxy) is 1. The fourth-order valence-electron chi connectivity index (χ4n) is 0.836. The molecule has 1 aromatic heterocycles. The van der Waals surface area contributed by atoms with Crippen LogP contribution in [0.1, 0.15) is 29.0 Å². The Morgan fingerprint density at radius 2 is 2.50 bits per heavy atom. The second kappa shape index (κ2) is 3.36. The van der Waals surface area contributed by atoms with Gasteiger partial charge in [0.1, 0.15) is 17.5 Å². The van der Waals surface area contributed by atoms with E-state index >= 15 is 0 Å². The lowest BCUT2D eigenvalue weighted by molar-refractivity contribution is 0.0598. The predicted molar refractivity (Wildman–Crippen MR) is 40.4 cm³/mol. The van der Waals surface area contributed by atoms with Gasteiger partial charge in [-0.3, -0.25) is 0 Å². The molecular formula is C7H10N2O3. The van der Waals surface area contributed by atoms with E-state index in [0.29, 0.717) is 5.69 Å². The van der Waals surface area contributed by atoms with Gasteiger partial charge >= 0.3 is 5.97 Å². The molecule has 5 heteroatoms. The third kappa shape index (κ3) is 1.45. The zero-order chi connectivity index (χ0) is 9.14. The fraction of sp³-hybridized carbons (Fsp3) is 0.429. The molecule has 1 heterocycles. The first kappa shape index (κ1) is 8.73. The quantitative estimate of drug-likeness (QED) is 0.653. The van der Waals surface area contributed by atoms with E-state index in [1.165, 1.54) is 13.4 Å². The van der Waals surface area contributed by atoms with Crippen molar-refractivity contribution < 1.29 is 14.1 Å². The number of carbonyl (C=O) groups excluding carboxylic acids is 1. The summed E-state index contributed by atoms with van der Waals surface area (Å²) in [7, 11) is 1.29. The van der Waals surface area contributed by atoms with Gasteiger partial charge in [0.15, 0.2) is 0 Å². The van der Waals surface area contributed by atoms with Crippen molar-refractivity contribution in [1.29, 1.82) is 0 Å². The molecule has 0 spiro atoms. The minimum absolute atomic E-state index is 0.285. The monoisotopic (exact) mass is 170 g/mol. The molecule has 0 aliphatic rings. The molecule has 0 saturated carbocycles. The molecule has 2 N–H and O–H groups in total. The van der Waals surface area contributed by atoms with Crippen molar-refractivity contribution in [3.8, 4) is 0 Å². The highest BCUT2D eigenvalue weighted by Gasteiger charge is 2.18. The number of aromatic nitrogens is 1. The van der Waals surface area contributed by atoms with Crippen LogP contribution < -0.4 is 5.73 Å². The van der Waals surface area contributed by atoms with Crippen LogP contribution in [0.4, 0.5) is 0 Å². The minimum atomic E-state index is -0.483. The molecule has 0 bridgehead atoms. The molecule has 0 aliphatic heterocycles. The summed E-state index contributed by atoms with van der Waals surface area (Å²) in [5.41, 5.74) is 6.22. The smallest absolute Gasteiger partial charge is 0.343 e. The maximum absolute atomic E-state index is 11.0. The van der Waals surface area contributed by atoms with Crippen LogP contribution in [0.15, 0.2) is 10.8 Å². The first-order valence-corrected chi connectivity index (χ1v) is 3.45. The number of rotatable bonds is 2. The summed E-state index contributed by atoms with van der Waals surface area (Å²) in [5.74, 6) is -0.483. The van der Waals surface area contributed by atoms with Gasteiger partial charge in [-0.15, -0.1) is 0 Å². The van der Waals surface area contributed by atoms with Crippen LogP contribution in [-0.4, -0.2) is 18.2 Å². The van der Waals surface area contributed by atoms with E-state index in [4.69, 9.17) is 5.73 Å². The highest BCUT2D eigenvalue weighted by Crippen LogP contribution is 2.14. The predicted octanol–water partition coefficient (Wildman–Crippen LogP) is 0.481. The molecule has 0 saturated heterocycles. The summed E-state index contributed by atoms with van der Waals surface area (Å²) in [5, 5.41) is 3.58. The van der Waals surface area contributed by atoms with Crippen molar-refractivity contribution in [2.45, 2.75) is 13.0 Å². The van der Waals surface area contributed by atoms with E-state index < -0.39 is 5.97 Å². The van der Waals surface area contributed by atoms with Gasteiger partial charge in [-0.1, -0.05) is 5.16 Å². The van der Waals surface area contributed by atoms with E-state index in [1.807, 2.05) is 0 Å². The second-order valence-corrected chi connectivity index (χ2v) is 2.39. The Kier molecular flexibility index (Phi) is 2.44. The highest BCUT2D eigenvalue weighted by molar-refractivity contribution is 5.90. The van der Waals surface area contributed by atoms with E-state index in [-0.39, 0.29) is 11.6 Å². The van der Waals surface area contributed by atoms with Crippen LogP contribution in [0, 0.1) is 0 Å². The summed E-state index contributed by atoms with van der Waals surface area (Å²) in [6.07, 6.45) is 1.23. The highest BCUT2D eigenvalue weighted by atomic mass is 16.5. The van der Waals surface area contributed by atoms with Crippen molar-refractivity contribution in [3.63, 3.8) is 0 Å². The first-order valence-electron chi connectivity index (χ1n) is 3.45. The molecule has 0 aromatic carbocycles. The summed E-state index contributed by atoms with van der Waals surface area (Å²) in [6, 6.07) is -0.335. The molecule has 1 aromatic rings. The standard InChI is InChI=1S/C7H10N2O3/c1-4(8)6-5(3-12-9-6)7(10)11-2/h3-4H,8H2,1-2H3. The van der Waals surface area contributed by atoms with Crippen molar-refractivity contribution in [1.82, 2.24) is 5.16 Å². The third-order valence-electron chi connectivity index (χ3n) is 1.43. The topological polar surface area (TPSA) is 78.3 Å². The molecule has 1 atom stereocenters. The van der Waals surface area contributed by atoms with Crippen LogP contribution in [0.3, 0.4) is 0 Å². The van der Waals surface area contributed by atoms with Crippen molar-refractivity contribution in [2.24, 2.45) is 5.73 Å². The molecule has 12 heavy (non-hydrogen) atoms. The van der Waals surface area contributed by atoms with Crippen molar-refractivity contribution >= 4 is 5.97 Å². The number of nitrogens with zero attached hydrogens (tertiary/aromatic N) is 1. The van der Waals surface area contributed by atoms with Gasteiger partial charge in [-0.25, -0.2) is 4.79 Å². The Morgan fingerprint density at radius 3 is 3.00 bits per heavy atom. The Bertz CT molecular complexity index is 280. The van der Waals surface area contributed by atoms with E-state index in [0.717, 1.165) is 0 Å². The maximum Gasteiger partial charge on any atom is 0.343 e. The molecule has 0 aliphatic carbocycles. The molecule has 0 radical (unpaired) electrons. The summed E-state index contributed by atoms with van der Waals surface area (Å²) < 4.78 is 9.09. The Labute approximate surface area is 69.5 Å². The maximum atomic E-state index is 11.0. The zero-order valence-electron chi connectivity index (χ0n) is 6.90. The normalized spacial score (nSPS) is 12.6. The Balaban J connectivity index is 2.99. The van der Waals surface area contributed by atoms with E-state index in [1.54, 1.807) is 6.92 Å². The van der Waals surface area contributed by atoms with Gasteiger partial charge in [0.2, 0.25) is 0 Å². The fourth-order valence-corrected chi connectivity index (χ4v) is 0.836. The van der Waals surface area contributed by atoms with Gasteiger partial charge in [0, 0.05) is 6.04 Å². The van der Waals surface area contributed by atoms with E-state index in [2.05, 4.69) is 14.4 Å². The summed E-state index contributed by atoms with van der Waals surface area (Å²) in [6.45, 7) is 1.71. The molecule has 5 nitrogen and oxygen atoms in total. The first-order chi connectivity index (χ1) is 5.66. The Hall–Kier alpha value is -1.36. The van der Waals surface area contributed by atoms with Gasteiger partial charge in [-0.05, 0) is 6.92 Å². The number of esters is 1. The molecule has 0 amide bonds. The number of hydrogen-bond donors (Lipinski definition) is 1. The van der Waals surface area contributed by atoms with Gasteiger partial charge in [0.25, 0.3) is 0 Å². The summed E-state index contributed by atoms with van der Waals surface area (Å²) >= 11 is 0. The van der Waals surface area contributed by atoms with Crippen LogP contribution in [-0.2, 0) is 4.74 Å². The molecule has 1 rings (SSSR count). The van der Waals surface area contributed by atoms with Crippen LogP contribution in [0.2, 0.25) is 0 Å². The average Bonchev–Trinajstić information content (AvgIpc) is 2.50. The lowest BCUT2D eigenvalue weighted by atomic mass is 10.1. The van der Waals surface area contributed by atoms with Gasteiger partial charge < -0.3 is 15.0 Å². The SMILES string of the molecule is COC(=O)c1conc1C(C)N. The van der Waals surface area contributed by atoms with Crippen LogP contribution >= 0.6 is 0 Å². The number of carbonyl (C=O) groups is 1. The molecule has 1 unspecified atom stereocenters. The van der Waals surface area contributed by atoms with Crippen LogP contribution in [0.5, 0.6) is 0 Å². The summed E-state index contributed by atoms with van der Waals surface area (Å²) in [4.78, 5) is 11.0.